The Labute approximate surface area is 197 Å². The lowest BCUT2D eigenvalue weighted by molar-refractivity contribution is -0.250. The van der Waals surface area contributed by atoms with Gasteiger partial charge in [0.15, 0.2) is 0 Å². The number of fused-ring (bicyclic) bond motifs is 7. The average molecular weight is 441 g/mol. The van der Waals surface area contributed by atoms with E-state index < -0.39 is 0 Å². The molecular formula is C30H48O2. The Kier molecular flexibility index (Phi) is 4.87. The second-order valence-electron chi connectivity index (χ2n) is 14.6. The third kappa shape index (κ3) is 2.55. The van der Waals surface area contributed by atoms with Gasteiger partial charge in [0.05, 0.1) is 6.10 Å². The molecule has 0 unspecified atom stereocenters. The molecule has 0 saturated heterocycles. The van der Waals surface area contributed by atoms with Crippen molar-refractivity contribution in [1.29, 1.82) is 0 Å². The van der Waals surface area contributed by atoms with Crippen LogP contribution in [-0.4, -0.2) is 17.0 Å². The highest BCUT2D eigenvalue weighted by molar-refractivity contribution is 5.85. The molecule has 5 rings (SSSR count). The number of ketones is 1. The minimum atomic E-state index is -0.205. The van der Waals surface area contributed by atoms with Gasteiger partial charge in [0.2, 0.25) is 0 Å². The second kappa shape index (κ2) is 6.73. The topological polar surface area (TPSA) is 37.3 Å². The van der Waals surface area contributed by atoms with Crippen molar-refractivity contribution in [2.24, 2.45) is 56.7 Å². The molecule has 10 atom stereocenters. The summed E-state index contributed by atoms with van der Waals surface area (Å²) in [4.78, 5) is 12.9. The summed E-state index contributed by atoms with van der Waals surface area (Å²) >= 11 is 0. The number of carbonyl (C=O) groups is 1. The molecule has 5 saturated carbocycles. The first kappa shape index (κ1) is 23.1. The maximum absolute atomic E-state index is 12.9. The number of hydrogen-bond acceptors (Lipinski definition) is 2. The molecule has 0 aliphatic heterocycles. The summed E-state index contributed by atoms with van der Waals surface area (Å²) < 4.78 is 0. The molecule has 5 fully saturated rings. The molecule has 32 heavy (non-hydrogen) atoms. The molecule has 0 amide bonds. The lowest BCUT2D eigenvalue weighted by atomic mass is 9.32. The van der Waals surface area contributed by atoms with E-state index in [1.165, 1.54) is 37.7 Å². The summed E-state index contributed by atoms with van der Waals surface area (Å²) in [7, 11) is 0. The first-order chi connectivity index (χ1) is 14.7. The molecule has 2 nitrogen and oxygen atoms in total. The number of carbonyl (C=O) groups excluding carboxylic acids is 1. The lowest BCUT2D eigenvalue weighted by Crippen LogP contribution is -2.67. The van der Waals surface area contributed by atoms with E-state index in [-0.39, 0.29) is 33.2 Å². The summed E-state index contributed by atoms with van der Waals surface area (Å²) in [5.74, 6) is 3.47. The van der Waals surface area contributed by atoms with Gasteiger partial charge in [-0.2, -0.15) is 0 Å². The zero-order chi connectivity index (χ0) is 23.5. The number of Topliss-reactive ketones (excluding diaryl/α,β-unsaturated/α-hetero) is 1. The molecule has 5 aliphatic rings. The molecule has 180 valence electrons. The normalized spacial score (nSPS) is 56.6. The number of aliphatic hydroxyl groups excluding tert-OH is 1. The number of hydrogen-bond donors (Lipinski definition) is 1. The molecule has 2 heteroatoms. The van der Waals surface area contributed by atoms with Crippen LogP contribution in [-0.2, 0) is 4.79 Å². The van der Waals surface area contributed by atoms with Crippen molar-refractivity contribution >= 4 is 5.78 Å². The first-order valence-corrected chi connectivity index (χ1v) is 13.6. The van der Waals surface area contributed by atoms with E-state index in [9.17, 15) is 9.90 Å². The summed E-state index contributed by atoms with van der Waals surface area (Å²) in [6.07, 6.45) is 9.93. The predicted octanol–water partition coefficient (Wildman–Crippen LogP) is 7.20. The van der Waals surface area contributed by atoms with Crippen LogP contribution in [0.25, 0.3) is 0 Å². The predicted molar refractivity (Wildman–Crippen MR) is 131 cm³/mol. The highest BCUT2D eigenvalue weighted by atomic mass is 16.3. The van der Waals surface area contributed by atoms with Crippen molar-refractivity contribution in [3.05, 3.63) is 12.2 Å². The highest BCUT2D eigenvalue weighted by Gasteiger charge is 2.71. The van der Waals surface area contributed by atoms with Gasteiger partial charge in [0, 0.05) is 11.8 Å². The molecular weight excluding hydrogens is 392 g/mol. The van der Waals surface area contributed by atoms with Crippen molar-refractivity contribution in [3.63, 3.8) is 0 Å². The largest absolute Gasteiger partial charge is 0.393 e. The number of aliphatic hydroxyl groups is 1. The number of allylic oxidation sites excluding steroid dienone is 1. The molecule has 0 aromatic carbocycles. The van der Waals surface area contributed by atoms with Gasteiger partial charge in [-0.3, -0.25) is 4.79 Å². The van der Waals surface area contributed by atoms with Crippen LogP contribution < -0.4 is 0 Å². The Morgan fingerprint density at radius 3 is 2.22 bits per heavy atom. The van der Waals surface area contributed by atoms with Gasteiger partial charge in [0.1, 0.15) is 5.78 Å². The molecule has 1 N–H and O–H groups in total. The van der Waals surface area contributed by atoms with E-state index in [4.69, 9.17) is 0 Å². The Morgan fingerprint density at radius 2 is 1.56 bits per heavy atom. The lowest BCUT2D eigenvalue weighted by Gasteiger charge is -2.72. The maximum Gasteiger partial charge on any atom is 0.138 e. The van der Waals surface area contributed by atoms with Crippen molar-refractivity contribution in [2.45, 2.75) is 112 Å². The minimum Gasteiger partial charge on any atom is -0.393 e. The van der Waals surface area contributed by atoms with E-state index in [1.54, 1.807) is 0 Å². The quantitative estimate of drug-likeness (QED) is 0.438. The minimum absolute atomic E-state index is 0.0529. The van der Waals surface area contributed by atoms with Crippen LogP contribution in [0, 0.1) is 56.7 Å². The molecule has 0 bridgehead atoms. The van der Waals surface area contributed by atoms with Gasteiger partial charge in [0.25, 0.3) is 0 Å². The van der Waals surface area contributed by atoms with Crippen LogP contribution in [0.4, 0.5) is 0 Å². The van der Waals surface area contributed by atoms with Crippen molar-refractivity contribution in [2.75, 3.05) is 0 Å². The Bertz CT molecular complexity index is 842. The monoisotopic (exact) mass is 440 g/mol. The smallest absolute Gasteiger partial charge is 0.138 e. The van der Waals surface area contributed by atoms with Crippen LogP contribution in [0.15, 0.2) is 12.2 Å². The van der Waals surface area contributed by atoms with Crippen LogP contribution in [0.1, 0.15) is 106 Å². The average Bonchev–Trinajstić information content (AvgIpc) is 3.05. The zero-order valence-corrected chi connectivity index (χ0v) is 21.9. The van der Waals surface area contributed by atoms with E-state index in [2.05, 4.69) is 55.0 Å². The second-order valence-corrected chi connectivity index (χ2v) is 14.6. The summed E-state index contributed by atoms with van der Waals surface area (Å²) in [6, 6.07) is 0. The van der Waals surface area contributed by atoms with Crippen LogP contribution in [0.2, 0.25) is 0 Å². The van der Waals surface area contributed by atoms with Gasteiger partial charge in [-0.1, -0.05) is 53.7 Å². The fourth-order valence-corrected chi connectivity index (χ4v) is 11.3. The Balaban J connectivity index is 1.58. The van der Waals surface area contributed by atoms with Gasteiger partial charge < -0.3 is 5.11 Å². The third-order valence-corrected chi connectivity index (χ3v) is 13.3. The highest BCUT2D eigenvalue weighted by Crippen LogP contribution is 2.77. The van der Waals surface area contributed by atoms with Gasteiger partial charge in [-0.15, -0.1) is 0 Å². The molecule has 5 aliphatic carbocycles. The fourth-order valence-electron chi connectivity index (χ4n) is 11.3. The Morgan fingerprint density at radius 1 is 0.875 bits per heavy atom. The SMILES string of the molecule is C=C(C)[C@@H]1CC[C@@]2(C)[C@H]1[C@H]1CC[C@@H]3[C@@]4(C)CCC(=O)C(C)(C)[C@H]4CC[C@@]3(C)[C@]1(C)C[C@@H]2O. The van der Waals surface area contributed by atoms with Gasteiger partial charge in [-0.25, -0.2) is 0 Å². The van der Waals surface area contributed by atoms with Crippen molar-refractivity contribution in [3.8, 4) is 0 Å². The van der Waals surface area contributed by atoms with Crippen molar-refractivity contribution in [1.82, 2.24) is 0 Å². The maximum atomic E-state index is 12.9. The molecule has 0 heterocycles. The van der Waals surface area contributed by atoms with Crippen LogP contribution in [0.5, 0.6) is 0 Å². The molecule has 0 aromatic heterocycles. The standard InChI is InChI=1S/C30H48O2/c1-18(2)19-11-14-28(6)24(32)17-30(8)20(25(19)28)9-10-22-27(5)15-13-23(31)26(3,4)21(27)12-16-29(22,30)7/h19-22,24-25,32H,1,9-17H2,2-8H3/t19-,20+,21+,22+,24-,25+,27-,28+,29+,30+/m0/s1. The summed E-state index contributed by atoms with van der Waals surface area (Å²) in [6.45, 7) is 21.2. The van der Waals surface area contributed by atoms with Crippen LogP contribution in [0.3, 0.4) is 0 Å². The van der Waals surface area contributed by atoms with Gasteiger partial charge in [-0.05, 0) is 110 Å². The number of rotatable bonds is 1. The summed E-state index contributed by atoms with van der Waals surface area (Å²) in [5.41, 5.74) is 1.85. The van der Waals surface area contributed by atoms with Gasteiger partial charge >= 0.3 is 0 Å². The zero-order valence-electron chi connectivity index (χ0n) is 21.9. The molecule has 0 spiro atoms. The van der Waals surface area contributed by atoms with Crippen molar-refractivity contribution < 1.29 is 9.90 Å². The van der Waals surface area contributed by atoms with E-state index >= 15 is 0 Å². The fraction of sp³-hybridized carbons (Fsp3) is 0.900. The van der Waals surface area contributed by atoms with E-state index in [0.29, 0.717) is 35.4 Å². The Hall–Kier alpha value is -0.630. The summed E-state index contributed by atoms with van der Waals surface area (Å²) in [5, 5.41) is 11.7. The van der Waals surface area contributed by atoms with E-state index in [0.717, 1.165) is 25.7 Å². The van der Waals surface area contributed by atoms with E-state index in [1.807, 2.05) is 0 Å². The van der Waals surface area contributed by atoms with Crippen LogP contribution >= 0.6 is 0 Å². The third-order valence-electron chi connectivity index (χ3n) is 13.3. The first-order valence-electron chi connectivity index (χ1n) is 13.6. The molecule has 0 radical (unpaired) electrons. The molecule has 0 aromatic rings.